The Morgan fingerprint density at radius 1 is 1.30 bits per heavy atom. The summed E-state index contributed by atoms with van der Waals surface area (Å²) in [6.45, 7) is 9.15. The zero-order valence-electron chi connectivity index (χ0n) is 12.8. The van der Waals surface area contributed by atoms with Crippen molar-refractivity contribution in [1.82, 2.24) is 4.98 Å². The maximum atomic E-state index is 5.15. The minimum absolute atomic E-state index is 0.261. The first-order valence-corrected chi connectivity index (χ1v) is 7.63. The second kappa shape index (κ2) is 6.37. The summed E-state index contributed by atoms with van der Waals surface area (Å²) in [6.07, 6.45) is 0. The number of aryl methyl sites for hydroxylation is 3. The molecule has 1 atom stereocenters. The summed E-state index contributed by atoms with van der Waals surface area (Å²) in [7, 11) is 1.72. The number of anilines is 1. The van der Waals surface area contributed by atoms with Gasteiger partial charge in [-0.2, -0.15) is 0 Å². The molecule has 1 heterocycles. The molecule has 0 aliphatic carbocycles. The fraction of sp³-hybridized carbons (Fsp3) is 0.438. The number of aromatic nitrogens is 1. The van der Waals surface area contributed by atoms with Gasteiger partial charge in [0.2, 0.25) is 0 Å². The highest BCUT2D eigenvalue weighted by atomic mass is 32.1. The van der Waals surface area contributed by atoms with Crippen LogP contribution in [0.5, 0.6) is 0 Å². The van der Waals surface area contributed by atoms with Gasteiger partial charge in [0, 0.05) is 23.6 Å². The largest absolute Gasteiger partial charge is 0.383 e. The number of hydrogen-bond donors (Lipinski definition) is 1. The Kier molecular flexibility index (Phi) is 4.78. The van der Waals surface area contributed by atoms with Crippen molar-refractivity contribution in [3.8, 4) is 11.3 Å². The number of hydrogen-bond acceptors (Lipinski definition) is 4. The highest BCUT2D eigenvalue weighted by Crippen LogP contribution is 2.32. The normalized spacial score (nSPS) is 12.4. The van der Waals surface area contributed by atoms with Crippen molar-refractivity contribution in [2.24, 2.45) is 0 Å². The summed E-state index contributed by atoms with van der Waals surface area (Å²) < 4.78 is 5.15. The standard InChI is InChI=1S/C16H22N2OS/c1-10-6-7-11(2)14(8-10)15-13(4)20-16(18-15)17-12(3)9-19-5/h6-8,12H,9H2,1-5H3,(H,17,18)/t12-/m0/s1. The zero-order chi connectivity index (χ0) is 14.7. The summed E-state index contributed by atoms with van der Waals surface area (Å²) >= 11 is 1.70. The first-order valence-electron chi connectivity index (χ1n) is 6.81. The molecule has 3 nitrogen and oxygen atoms in total. The van der Waals surface area contributed by atoms with Crippen LogP contribution < -0.4 is 5.32 Å². The quantitative estimate of drug-likeness (QED) is 0.897. The van der Waals surface area contributed by atoms with Crippen LogP contribution in [0, 0.1) is 20.8 Å². The minimum Gasteiger partial charge on any atom is -0.383 e. The van der Waals surface area contributed by atoms with Crippen molar-refractivity contribution in [1.29, 1.82) is 0 Å². The highest BCUT2D eigenvalue weighted by Gasteiger charge is 2.13. The van der Waals surface area contributed by atoms with Gasteiger partial charge in [0.1, 0.15) is 0 Å². The van der Waals surface area contributed by atoms with Gasteiger partial charge in [-0.15, -0.1) is 11.3 Å². The van der Waals surface area contributed by atoms with Crippen molar-refractivity contribution >= 4 is 16.5 Å². The number of methoxy groups -OCH3 is 1. The van der Waals surface area contributed by atoms with E-state index in [-0.39, 0.29) is 6.04 Å². The molecule has 0 amide bonds. The first kappa shape index (κ1) is 15.0. The highest BCUT2D eigenvalue weighted by molar-refractivity contribution is 7.16. The third-order valence-electron chi connectivity index (χ3n) is 3.23. The van der Waals surface area contributed by atoms with Crippen molar-refractivity contribution in [3.05, 3.63) is 34.2 Å². The predicted octanol–water partition coefficient (Wildman–Crippen LogP) is 4.18. The van der Waals surface area contributed by atoms with Crippen LogP contribution in [0.25, 0.3) is 11.3 Å². The topological polar surface area (TPSA) is 34.1 Å². The van der Waals surface area contributed by atoms with E-state index in [4.69, 9.17) is 9.72 Å². The Morgan fingerprint density at radius 2 is 2.05 bits per heavy atom. The number of nitrogens with one attached hydrogen (secondary N) is 1. The molecule has 2 rings (SSSR count). The number of rotatable bonds is 5. The molecule has 0 aliphatic heterocycles. The molecule has 0 unspecified atom stereocenters. The molecule has 1 aromatic carbocycles. The molecule has 0 radical (unpaired) electrons. The van der Waals surface area contributed by atoms with Crippen LogP contribution in [0.2, 0.25) is 0 Å². The first-order chi connectivity index (χ1) is 9.51. The molecule has 0 aliphatic rings. The SMILES string of the molecule is COC[C@H](C)Nc1nc(-c2cc(C)ccc2C)c(C)s1. The van der Waals surface area contributed by atoms with E-state index < -0.39 is 0 Å². The molecular weight excluding hydrogens is 268 g/mol. The van der Waals surface area contributed by atoms with Gasteiger partial charge in [-0.3, -0.25) is 0 Å². The van der Waals surface area contributed by atoms with Gasteiger partial charge in [-0.1, -0.05) is 17.7 Å². The Bertz CT molecular complexity index is 592. The number of nitrogens with zero attached hydrogens (tertiary/aromatic N) is 1. The lowest BCUT2D eigenvalue weighted by Crippen LogP contribution is -2.20. The summed E-state index contributed by atoms with van der Waals surface area (Å²) in [5.74, 6) is 0. The van der Waals surface area contributed by atoms with Gasteiger partial charge >= 0.3 is 0 Å². The zero-order valence-corrected chi connectivity index (χ0v) is 13.6. The molecule has 1 N–H and O–H groups in total. The molecular formula is C16H22N2OS. The van der Waals surface area contributed by atoms with Gasteiger partial charge < -0.3 is 10.1 Å². The Labute approximate surface area is 125 Å². The Hall–Kier alpha value is -1.39. The molecule has 108 valence electrons. The van der Waals surface area contributed by atoms with E-state index in [9.17, 15) is 0 Å². The van der Waals surface area contributed by atoms with Crippen LogP contribution in [-0.4, -0.2) is 24.7 Å². The average Bonchev–Trinajstić information content (AvgIpc) is 2.73. The van der Waals surface area contributed by atoms with Crippen molar-refractivity contribution in [2.45, 2.75) is 33.7 Å². The fourth-order valence-electron chi connectivity index (χ4n) is 2.20. The van der Waals surface area contributed by atoms with E-state index in [1.807, 2.05) is 0 Å². The monoisotopic (exact) mass is 290 g/mol. The van der Waals surface area contributed by atoms with Gasteiger partial charge in [-0.25, -0.2) is 4.98 Å². The summed E-state index contributed by atoms with van der Waals surface area (Å²) in [5, 5.41) is 4.35. The molecule has 20 heavy (non-hydrogen) atoms. The lowest BCUT2D eigenvalue weighted by molar-refractivity contribution is 0.190. The van der Waals surface area contributed by atoms with Crippen LogP contribution in [0.3, 0.4) is 0 Å². The van der Waals surface area contributed by atoms with E-state index in [1.165, 1.54) is 21.6 Å². The number of ether oxygens (including phenoxy) is 1. The third-order valence-corrected chi connectivity index (χ3v) is 4.13. The van der Waals surface area contributed by atoms with Crippen molar-refractivity contribution < 1.29 is 4.74 Å². The van der Waals surface area contributed by atoms with E-state index in [0.29, 0.717) is 6.61 Å². The van der Waals surface area contributed by atoms with Gasteiger partial charge in [-0.05, 0) is 39.3 Å². The molecule has 0 bridgehead atoms. The molecule has 0 saturated heterocycles. The van der Waals surface area contributed by atoms with Gasteiger partial charge in [0.05, 0.1) is 12.3 Å². The smallest absolute Gasteiger partial charge is 0.183 e. The predicted molar refractivity (Wildman–Crippen MR) is 86.7 cm³/mol. The van der Waals surface area contributed by atoms with Crippen LogP contribution in [0.1, 0.15) is 22.9 Å². The Morgan fingerprint density at radius 3 is 2.75 bits per heavy atom. The lowest BCUT2D eigenvalue weighted by atomic mass is 10.0. The number of thiazole rings is 1. The van der Waals surface area contributed by atoms with Crippen molar-refractivity contribution in [2.75, 3.05) is 19.0 Å². The second-order valence-electron chi connectivity index (χ2n) is 5.24. The maximum absolute atomic E-state index is 5.15. The maximum Gasteiger partial charge on any atom is 0.183 e. The average molecular weight is 290 g/mol. The lowest BCUT2D eigenvalue weighted by Gasteiger charge is -2.10. The molecule has 0 fully saturated rings. The van der Waals surface area contributed by atoms with Crippen LogP contribution in [0.15, 0.2) is 18.2 Å². The van der Waals surface area contributed by atoms with E-state index in [2.05, 4.69) is 51.2 Å². The van der Waals surface area contributed by atoms with Crippen LogP contribution in [0.4, 0.5) is 5.13 Å². The molecule has 0 spiro atoms. The van der Waals surface area contributed by atoms with Gasteiger partial charge in [0.25, 0.3) is 0 Å². The third kappa shape index (κ3) is 3.38. The Balaban J connectivity index is 2.29. The summed E-state index contributed by atoms with van der Waals surface area (Å²) in [6, 6.07) is 6.77. The molecule has 1 aromatic heterocycles. The van der Waals surface area contributed by atoms with Crippen LogP contribution in [-0.2, 0) is 4.74 Å². The van der Waals surface area contributed by atoms with Crippen molar-refractivity contribution in [3.63, 3.8) is 0 Å². The van der Waals surface area contributed by atoms with E-state index in [1.54, 1.807) is 18.4 Å². The fourth-order valence-corrected chi connectivity index (χ4v) is 3.14. The van der Waals surface area contributed by atoms with E-state index in [0.717, 1.165) is 10.8 Å². The minimum atomic E-state index is 0.261. The molecule has 4 heteroatoms. The molecule has 2 aromatic rings. The second-order valence-corrected chi connectivity index (χ2v) is 6.45. The van der Waals surface area contributed by atoms with E-state index >= 15 is 0 Å². The van der Waals surface area contributed by atoms with Gasteiger partial charge in [0.15, 0.2) is 5.13 Å². The van der Waals surface area contributed by atoms with Crippen LogP contribution >= 0.6 is 11.3 Å². The number of benzene rings is 1. The summed E-state index contributed by atoms with van der Waals surface area (Å²) in [4.78, 5) is 6.00. The molecule has 0 saturated carbocycles. The summed E-state index contributed by atoms with van der Waals surface area (Å²) in [5.41, 5.74) is 4.84.